The molecule has 24 heavy (non-hydrogen) atoms. The molecule has 0 radical (unpaired) electrons. The number of ether oxygens (including phenoxy) is 1. The molecule has 2 N–H and O–H groups in total. The SMILES string of the molecule is COc1ccc(NS(=O)(=O)c2ccc(C=CC(=O)O)cc2)cc1Cl. The number of hydrogen-bond donors (Lipinski definition) is 2. The molecule has 0 fully saturated rings. The molecule has 0 aliphatic carbocycles. The van der Waals surface area contributed by atoms with Gasteiger partial charge in [-0.3, -0.25) is 4.72 Å². The number of carbonyl (C=O) groups is 1. The predicted molar refractivity (Wildman–Crippen MR) is 91.9 cm³/mol. The number of halogens is 1. The molecule has 0 amide bonds. The van der Waals surface area contributed by atoms with Crippen LogP contribution < -0.4 is 9.46 Å². The Balaban J connectivity index is 2.21. The predicted octanol–water partition coefficient (Wildman–Crippen LogP) is 3.25. The molecule has 0 aromatic heterocycles. The minimum absolute atomic E-state index is 0.0434. The smallest absolute Gasteiger partial charge is 0.328 e. The average Bonchev–Trinajstić information content (AvgIpc) is 2.53. The summed E-state index contributed by atoms with van der Waals surface area (Å²) in [5, 5.41) is 8.85. The summed E-state index contributed by atoms with van der Waals surface area (Å²) in [6.07, 6.45) is 2.34. The van der Waals surface area contributed by atoms with Gasteiger partial charge in [-0.1, -0.05) is 23.7 Å². The van der Waals surface area contributed by atoms with Crippen LogP contribution in [0.4, 0.5) is 5.69 Å². The summed E-state index contributed by atoms with van der Waals surface area (Å²) in [5.41, 5.74) is 0.875. The van der Waals surface area contributed by atoms with Gasteiger partial charge in [0.05, 0.1) is 22.7 Å². The highest BCUT2D eigenvalue weighted by Crippen LogP contribution is 2.28. The van der Waals surface area contributed by atoms with Gasteiger partial charge in [0, 0.05) is 6.08 Å². The fraction of sp³-hybridized carbons (Fsp3) is 0.0625. The molecule has 2 aromatic carbocycles. The summed E-state index contributed by atoms with van der Waals surface area (Å²) in [5.74, 6) is -0.640. The van der Waals surface area contributed by atoms with Gasteiger partial charge in [0.1, 0.15) is 5.75 Å². The molecule has 0 aliphatic rings. The van der Waals surface area contributed by atoms with Gasteiger partial charge >= 0.3 is 5.97 Å². The van der Waals surface area contributed by atoms with Crippen LogP contribution >= 0.6 is 11.6 Å². The molecule has 6 nitrogen and oxygen atoms in total. The lowest BCUT2D eigenvalue weighted by atomic mass is 10.2. The van der Waals surface area contributed by atoms with E-state index in [4.69, 9.17) is 21.4 Å². The van der Waals surface area contributed by atoms with Crippen molar-refractivity contribution in [2.45, 2.75) is 4.90 Å². The summed E-state index contributed by atoms with van der Waals surface area (Å²) in [7, 11) is -2.32. The van der Waals surface area contributed by atoms with Crippen LogP contribution in [-0.2, 0) is 14.8 Å². The zero-order valence-electron chi connectivity index (χ0n) is 12.6. The molecular weight excluding hydrogens is 354 g/mol. The molecule has 0 spiro atoms. The molecule has 0 heterocycles. The standard InChI is InChI=1S/C16H14ClNO5S/c1-23-15-8-5-12(10-14(15)17)18-24(21,22)13-6-2-11(3-7-13)4-9-16(19)20/h2-10,18H,1H3,(H,19,20). The molecule has 0 aliphatic heterocycles. The van der Waals surface area contributed by atoms with Crippen molar-refractivity contribution in [2.75, 3.05) is 11.8 Å². The first-order valence-electron chi connectivity index (χ1n) is 6.69. The molecule has 0 saturated carbocycles. The first-order valence-corrected chi connectivity index (χ1v) is 8.55. The number of rotatable bonds is 6. The molecule has 0 atom stereocenters. The quantitative estimate of drug-likeness (QED) is 0.764. The molecule has 126 valence electrons. The number of anilines is 1. The topological polar surface area (TPSA) is 92.7 Å². The van der Waals surface area contributed by atoms with Gasteiger partial charge in [0.15, 0.2) is 0 Å². The van der Waals surface area contributed by atoms with Crippen molar-refractivity contribution in [3.05, 3.63) is 59.1 Å². The monoisotopic (exact) mass is 367 g/mol. The van der Waals surface area contributed by atoms with Crippen molar-refractivity contribution in [1.29, 1.82) is 0 Å². The largest absolute Gasteiger partial charge is 0.495 e. The van der Waals surface area contributed by atoms with E-state index in [0.29, 0.717) is 17.0 Å². The van der Waals surface area contributed by atoms with Crippen molar-refractivity contribution in [2.24, 2.45) is 0 Å². The summed E-state index contributed by atoms with van der Waals surface area (Å²) >= 11 is 5.97. The summed E-state index contributed by atoms with van der Waals surface area (Å²) in [6, 6.07) is 10.3. The van der Waals surface area contributed by atoms with Crippen LogP contribution in [0.25, 0.3) is 6.08 Å². The van der Waals surface area contributed by atoms with E-state index in [2.05, 4.69) is 4.72 Å². The number of carboxylic acid groups (broad SMARTS) is 1. The Hall–Kier alpha value is -2.51. The lowest BCUT2D eigenvalue weighted by molar-refractivity contribution is -0.131. The Bertz CT molecular complexity index is 876. The van der Waals surface area contributed by atoms with Crippen LogP contribution in [0.1, 0.15) is 5.56 Å². The van der Waals surface area contributed by atoms with E-state index in [1.807, 2.05) is 0 Å². The number of aliphatic carboxylic acids is 1. The van der Waals surface area contributed by atoms with Crippen LogP contribution in [0.3, 0.4) is 0 Å². The van der Waals surface area contributed by atoms with Crippen LogP contribution in [0.15, 0.2) is 53.4 Å². The normalized spacial score (nSPS) is 11.4. The number of carboxylic acids is 1. The molecule has 0 bridgehead atoms. The summed E-state index contributed by atoms with van der Waals surface area (Å²) in [6.45, 7) is 0. The third-order valence-corrected chi connectivity index (χ3v) is 4.71. The van der Waals surface area contributed by atoms with E-state index in [1.165, 1.54) is 49.6 Å². The number of nitrogens with one attached hydrogen (secondary N) is 1. The molecule has 8 heteroatoms. The highest BCUT2D eigenvalue weighted by molar-refractivity contribution is 7.92. The second kappa shape index (κ2) is 7.37. The zero-order chi connectivity index (χ0) is 17.7. The van der Waals surface area contributed by atoms with Crippen LogP contribution in [0.5, 0.6) is 5.75 Å². The highest BCUT2D eigenvalue weighted by atomic mass is 35.5. The third kappa shape index (κ3) is 4.50. The fourth-order valence-electron chi connectivity index (χ4n) is 1.87. The number of methoxy groups -OCH3 is 1. The second-order valence-corrected chi connectivity index (χ2v) is 6.79. The molecular formula is C16H14ClNO5S. The lowest BCUT2D eigenvalue weighted by Gasteiger charge is -2.10. The average molecular weight is 368 g/mol. The van der Waals surface area contributed by atoms with Gasteiger partial charge in [0.2, 0.25) is 0 Å². The maximum Gasteiger partial charge on any atom is 0.328 e. The van der Waals surface area contributed by atoms with Crippen molar-refractivity contribution in [3.63, 3.8) is 0 Å². The van der Waals surface area contributed by atoms with E-state index >= 15 is 0 Å². The highest BCUT2D eigenvalue weighted by Gasteiger charge is 2.14. The Kier molecular flexibility index (Phi) is 5.48. The van der Waals surface area contributed by atoms with Gasteiger partial charge in [0.25, 0.3) is 10.0 Å². The Morgan fingerprint density at radius 3 is 2.42 bits per heavy atom. The van der Waals surface area contributed by atoms with Gasteiger partial charge in [-0.15, -0.1) is 0 Å². The van der Waals surface area contributed by atoms with Gasteiger partial charge in [-0.25, -0.2) is 13.2 Å². The maximum atomic E-state index is 12.3. The van der Waals surface area contributed by atoms with E-state index < -0.39 is 16.0 Å². The van der Waals surface area contributed by atoms with E-state index in [1.54, 1.807) is 6.07 Å². The van der Waals surface area contributed by atoms with Gasteiger partial charge in [-0.2, -0.15) is 0 Å². The lowest BCUT2D eigenvalue weighted by Crippen LogP contribution is -2.12. The molecule has 2 aromatic rings. The summed E-state index contributed by atoms with van der Waals surface area (Å²) < 4.78 is 32.1. The Labute approximate surface area is 144 Å². The van der Waals surface area contributed by atoms with Crippen molar-refractivity contribution in [3.8, 4) is 5.75 Å². The van der Waals surface area contributed by atoms with Gasteiger partial charge < -0.3 is 9.84 Å². The minimum atomic E-state index is -3.79. The van der Waals surface area contributed by atoms with E-state index in [0.717, 1.165) is 6.08 Å². The molecule has 0 unspecified atom stereocenters. The maximum absolute atomic E-state index is 12.3. The molecule has 2 rings (SSSR count). The van der Waals surface area contributed by atoms with Crippen molar-refractivity contribution >= 4 is 39.4 Å². The third-order valence-electron chi connectivity index (χ3n) is 3.01. The van der Waals surface area contributed by atoms with E-state index in [-0.39, 0.29) is 9.92 Å². The zero-order valence-corrected chi connectivity index (χ0v) is 14.1. The number of benzene rings is 2. The Morgan fingerprint density at radius 2 is 1.88 bits per heavy atom. The van der Waals surface area contributed by atoms with E-state index in [9.17, 15) is 13.2 Å². The Morgan fingerprint density at radius 1 is 1.21 bits per heavy atom. The minimum Gasteiger partial charge on any atom is -0.495 e. The number of hydrogen-bond acceptors (Lipinski definition) is 4. The fourth-order valence-corrected chi connectivity index (χ4v) is 3.18. The molecule has 0 saturated heterocycles. The van der Waals surface area contributed by atoms with Crippen LogP contribution in [0.2, 0.25) is 5.02 Å². The first kappa shape index (κ1) is 17.8. The number of sulfonamides is 1. The van der Waals surface area contributed by atoms with Crippen molar-refractivity contribution in [1.82, 2.24) is 0 Å². The second-order valence-electron chi connectivity index (χ2n) is 4.70. The van der Waals surface area contributed by atoms with Crippen molar-refractivity contribution < 1.29 is 23.1 Å². The summed E-state index contributed by atoms with van der Waals surface area (Å²) in [4.78, 5) is 10.5. The van der Waals surface area contributed by atoms with Crippen LogP contribution in [0, 0.1) is 0 Å². The van der Waals surface area contributed by atoms with Crippen LogP contribution in [-0.4, -0.2) is 26.6 Å². The van der Waals surface area contributed by atoms with Gasteiger partial charge in [-0.05, 0) is 42.0 Å². The first-order chi connectivity index (χ1) is 11.3.